The van der Waals surface area contributed by atoms with Gasteiger partial charge in [-0.25, -0.2) is 4.79 Å². The largest absolute Gasteiger partial charge is 0.496 e. The van der Waals surface area contributed by atoms with Gasteiger partial charge in [-0.15, -0.1) is 0 Å². The van der Waals surface area contributed by atoms with E-state index >= 15 is 0 Å². The number of rotatable bonds is 4. The zero-order valence-corrected chi connectivity index (χ0v) is 11.2. The predicted molar refractivity (Wildman–Crippen MR) is 59.5 cm³/mol. The highest BCUT2D eigenvalue weighted by atomic mass is 28.4. The molecule has 0 amide bonds. The summed E-state index contributed by atoms with van der Waals surface area (Å²) in [4.78, 5) is 10.2. The van der Waals surface area contributed by atoms with Gasteiger partial charge < -0.3 is 18.0 Å². The second-order valence-corrected chi connectivity index (χ2v) is 5.70. The van der Waals surface area contributed by atoms with E-state index in [1.807, 2.05) is 6.55 Å². The van der Waals surface area contributed by atoms with Crippen LogP contribution in [-0.4, -0.2) is 43.2 Å². The molecule has 0 saturated heterocycles. The monoisotopic (exact) mass is 236 g/mol. The van der Waals surface area contributed by atoms with Crippen molar-refractivity contribution in [2.24, 2.45) is 0 Å². The maximum atomic E-state index is 10.2. The molecule has 0 fully saturated rings. The molecule has 0 aromatic rings. The maximum absolute atomic E-state index is 10.2. The lowest BCUT2D eigenvalue weighted by atomic mass is 10.4. The highest BCUT2D eigenvalue weighted by Crippen LogP contribution is 2.02. The lowest BCUT2D eigenvalue weighted by molar-refractivity contribution is -0.136. The van der Waals surface area contributed by atoms with Crippen LogP contribution in [0.5, 0.6) is 0 Å². The van der Waals surface area contributed by atoms with Crippen molar-refractivity contribution in [3.05, 3.63) is 12.2 Å². The Balaban J connectivity index is 0. The summed E-state index contributed by atoms with van der Waals surface area (Å²) in [6, 6.07) is 0. The van der Waals surface area contributed by atoms with Crippen LogP contribution in [-0.2, 0) is 22.8 Å². The minimum absolute atomic E-state index is 0.347. The molecule has 0 aliphatic rings. The van der Waals surface area contributed by atoms with Crippen molar-refractivity contribution >= 4 is 14.8 Å². The van der Waals surface area contributed by atoms with E-state index in [4.69, 9.17) is 13.3 Å². The van der Waals surface area contributed by atoms with E-state index in [1.165, 1.54) is 7.11 Å². The third-order valence-corrected chi connectivity index (χ3v) is 3.87. The van der Waals surface area contributed by atoms with Crippen LogP contribution >= 0.6 is 0 Å². The van der Waals surface area contributed by atoms with Crippen LogP contribution in [0.4, 0.5) is 0 Å². The zero-order chi connectivity index (χ0) is 12.5. The van der Waals surface area contributed by atoms with Crippen LogP contribution in [0.1, 0.15) is 6.92 Å². The first kappa shape index (κ1) is 16.7. The summed E-state index contributed by atoms with van der Waals surface area (Å²) in [5.74, 6) is -0.347. The molecule has 0 spiro atoms. The molecule has 0 radical (unpaired) electrons. The number of hydrogen-bond acceptors (Lipinski definition) is 5. The molecule has 0 unspecified atom stereocenters. The molecule has 5 nitrogen and oxygen atoms in total. The van der Waals surface area contributed by atoms with E-state index in [1.54, 1.807) is 28.3 Å². The normalized spacial score (nSPS) is 10.0. The van der Waals surface area contributed by atoms with Crippen LogP contribution < -0.4 is 0 Å². The molecule has 6 heteroatoms. The molecule has 0 atom stereocenters. The average Bonchev–Trinajstić information content (AvgIpc) is 2.27. The highest BCUT2D eigenvalue weighted by molar-refractivity contribution is 6.58. The number of carbonyl (C=O) groups is 1. The standard InChI is InChI=1S/C5H8O2.C4H12O3Si/c1-4(2)5(6)7-3;1-5-8(4,6-2)7-3/h1H2,2-3H3;1-4H3. The molecule has 15 heavy (non-hydrogen) atoms. The summed E-state index contributed by atoms with van der Waals surface area (Å²) in [5.41, 5.74) is 0.433. The summed E-state index contributed by atoms with van der Waals surface area (Å²) in [5, 5.41) is 0. The molecular weight excluding hydrogens is 216 g/mol. The first-order chi connectivity index (χ1) is 6.86. The minimum atomic E-state index is -2.17. The Hall–Kier alpha value is -0.693. The topological polar surface area (TPSA) is 54.0 Å². The summed E-state index contributed by atoms with van der Waals surface area (Å²) in [6.45, 7) is 6.78. The molecule has 90 valence electrons. The van der Waals surface area contributed by atoms with Gasteiger partial charge in [-0.2, -0.15) is 0 Å². The Kier molecular flexibility index (Phi) is 9.59. The number of esters is 1. The molecule has 0 bridgehead atoms. The summed E-state index contributed by atoms with van der Waals surface area (Å²) >= 11 is 0. The Bertz CT molecular complexity index is 192. The van der Waals surface area contributed by atoms with Crippen molar-refractivity contribution in [2.75, 3.05) is 28.4 Å². The van der Waals surface area contributed by atoms with Crippen molar-refractivity contribution in [3.8, 4) is 0 Å². The van der Waals surface area contributed by atoms with Gasteiger partial charge in [0.05, 0.1) is 7.11 Å². The van der Waals surface area contributed by atoms with Crippen LogP contribution in [0, 0.1) is 0 Å². The lowest BCUT2D eigenvalue weighted by Crippen LogP contribution is -2.38. The Morgan fingerprint density at radius 2 is 1.40 bits per heavy atom. The number of hydrogen-bond donors (Lipinski definition) is 0. The predicted octanol–water partition coefficient (Wildman–Crippen LogP) is 1.23. The van der Waals surface area contributed by atoms with Gasteiger partial charge >= 0.3 is 14.8 Å². The third kappa shape index (κ3) is 8.31. The Morgan fingerprint density at radius 1 is 1.07 bits per heavy atom. The zero-order valence-electron chi connectivity index (χ0n) is 10.2. The Morgan fingerprint density at radius 3 is 1.40 bits per heavy atom. The maximum Gasteiger partial charge on any atom is 0.496 e. The highest BCUT2D eigenvalue weighted by Gasteiger charge is 2.29. The summed E-state index contributed by atoms with van der Waals surface area (Å²) in [6.07, 6.45) is 0. The van der Waals surface area contributed by atoms with Gasteiger partial charge in [-0.3, -0.25) is 0 Å². The van der Waals surface area contributed by atoms with Crippen molar-refractivity contribution < 1.29 is 22.8 Å². The molecule has 0 saturated carbocycles. The fourth-order valence-electron chi connectivity index (χ4n) is 0.424. The first-order valence-corrected chi connectivity index (χ1v) is 6.48. The second-order valence-electron chi connectivity index (χ2n) is 2.75. The van der Waals surface area contributed by atoms with Crippen molar-refractivity contribution in [1.82, 2.24) is 0 Å². The SMILES string of the molecule is C=C(C)C(=O)OC.CO[Si](C)(OC)OC. The fourth-order valence-corrected chi connectivity index (χ4v) is 0.924. The fraction of sp³-hybridized carbons (Fsp3) is 0.667. The van der Waals surface area contributed by atoms with E-state index in [0.717, 1.165) is 0 Å². The molecule has 0 aromatic heterocycles. The van der Waals surface area contributed by atoms with E-state index in [2.05, 4.69) is 11.3 Å². The quantitative estimate of drug-likeness (QED) is 0.417. The van der Waals surface area contributed by atoms with Gasteiger partial charge in [0.1, 0.15) is 0 Å². The van der Waals surface area contributed by atoms with Gasteiger partial charge in [0, 0.05) is 33.4 Å². The van der Waals surface area contributed by atoms with Crippen LogP contribution in [0.25, 0.3) is 0 Å². The van der Waals surface area contributed by atoms with E-state index < -0.39 is 8.80 Å². The molecule has 0 rings (SSSR count). The van der Waals surface area contributed by atoms with Gasteiger partial charge in [-0.1, -0.05) is 6.58 Å². The van der Waals surface area contributed by atoms with Crippen molar-refractivity contribution in [3.63, 3.8) is 0 Å². The molecule has 0 N–H and O–H groups in total. The molecular formula is C9H20O5Si. The van der Waals surface area contributed by atoms with Gasteiger partial charge in [0.25, 0.3) is 0 Å². The third-order valence-electron chi connectivity index (χ3n) is 1.65. The molecule has 0 heterocycles. The summed E-state index contributed by atoms with van der Waals surface area (Å²) < 4.78 is 19.1. The van der Waals surface area contributed by atoms with Gasteiger partial charge in [-0.05, 0) is 6.92 Å². The van der Waals surface area contributed by atoms with Gasteiger partial charge in [0.2, 0.25) is 0 Å². The lowest BCUT2D eigenvalue weighted by Gasteiger charge is -2.18. The number of ether oxygens (including phenoxy) is 1. The van der Waals surface area contributed by atoms with Crippen LogP contribution in [0.3, 0.4) is 0 Å². The van der Waals surface area contributed by atoms with E-state index in [0.29, 0.717) is 5.57 Å². The smallest absolute Gasteiger partial charge is 0.466 e. The van der Waals surface area contributed by atoms with Gasteiger partial charge in [0.15, 0.2) is 0 Å². The second kappa shape index (κ2) is 8.60. The molecule has 0 aliphatic heterocycles. The van der Waals surface area contributed by atoms with Crippen LogP contribution in [0.15, 0.2) is 12.2 Å². The van der Waals surface area contributed by atoms with E-state index in [-0.39, 0.29) is 5.97 Å². The minimum Gasteiger partial charge on any atom is -0.466 e. The number of carbonyl (C=O) groups excluding carboxylic acids is 1. The van der Waals surface area contributed by atoms with Crippen LogP contribution in [0.2, 0.25) is 6.55 Å². The average molecular weight is 236 g/mol. The Labute approximate surface area is 92.3 Å². The van der Waals surface area contributed by atoms with Crippen molar-refractivity contribution in [2.45, 2.75) is 13.5 Å². The molecule has 0 aliphatic carbocycles. The number of methoxy groups -OCH3 is 1. The first-order valence-electron chi connectivity index (χ1n) is 4.26. The van der Waals surface area contributed by atoms with Crippen molar-refractivity contribution in [1.29, 1.82) is 0 Å². The summed E-state index contributed by atoms with van der Waals surface area (Å²) in [7, 11) is 3.91. The molecule has 0 aromatic carbocycles. The van der Waals surface area contributed by atoms with E-state index in [9.17, 15) is 4.79 Å².